The molecule has 0 atom stereocenters. The third-order valence-electron chi connectivity index (χ3n) is 3.95. The summed E-state index contributed by atoms with van der Waals surface area (Å²) in [6, 6.07) is 16.6. The van der Waals surface area contributed by atoms with E-state index in [1.54, 1.807) is 23.8 Å². The minimum absolute atomic E-state index is 0.0809. The standard InChI is InChI=1S/C20H18N4O3/c1-24-16-10-6-5-9-15(16)19(20(24)27)23-22-18(26)13-21-17(25)12-11-14-7-3-2-4-8-14/h2-12,27H,13H2,1H3,(H,21,25)/b12-11+,23-22?. The predicted octanol–water partition coefficient (Wildman–Crippen LogP) is 3.32. The Labute approximate surface area is 155 Å². The molecule has 0 saturated carbocycles. The van der Waals surface area contributed by atoms with Gasteiger partial charge in [-0.2, -0.15) is 0 Å². The van der Waals surface area contributed by atoms with Crippen molar-refractivity contribution in [1.82, 2.24) is 9.88 Å². The molecule has 0 unspecified atom stereocenters. The van der Waals surface area contributed by atoms with E-state index in [1.165, 1.54) is 6.08 Å². The number of benzene rings is 2. The van der Waals surface area contributed by atoms with Crippen molar-refractivity contribution in [2.75, 3.05) is 6.54 Å². The molecule has 3 rings (SSSR count). The van der Waals surface area contributed by atoms with Crippen molar-refractivity contribution < 1.29 is 14.7 Å². The molecule has 0 saturated heterocycles. The number of para-hydroxylation sites is 1. The van der Waals surface area contributed by atoms with Crippen molar-refractivity contribution in [2.24, 2.45) is 17.3 Å². The zero-order valence-electron chi connectivity index (χ0n) is 14.7. The fraction of sp³-hybridized carbons (Fsp3) is 0.100. The molecular weight excluding hydrogens is 344 g/mol. The lowest BCUT2D eigenvalue weighted by Crippen LogP contribution is -2.26. The second-order valence-corrected chi connectivity index (χ2v) is 5.80. The average molecular weight is 362 g/mol. The van der Waals surface area contributed by atoms with Crippen LogP contribution in [0.25, 0.3) is 17.0 Å². The summed E-state index contributed by atoms with van der Waals surface area (Å²) in [4.78, 5) is 23.6. The molecule has 136 valence electrons. The molecule has 0 aliphatic carbocycles. The molecule has 2 amide bonds. The number of carbonyl (C=O) groups is 2. The van der Waals surface area contributed by atoms with E-state index in [-0.39, 0.29) is 18.1 Å². The fourth-order valence-corrected chi connectivity index (χ4v) is 2.56. The molecule has 2 aromatic carbocycles. The molecule has 0 spiro atoms. The smallest absolute Gasteiger partial charge is 0.283 e. The van der Waals surface area contributed by atoms with Gasteiger partial charge in [0.05, 0.1) is 5.52 Å². The van der Waals surface area contributed by atoms with Crippen LogP contribution in [0.3, 0.4) is 0 Å². The van der Waals surface area contributed by atoms with Crippen LogP contribution in [0.5, 0.6) is 5.88 Å². The van der Waals surface area contributed by atoms with E-state index in [9.17, 15) is 14.7 Å². The number of hydrogen-bond acceptors (Lipinski definition) is 4. The Balaban J connectivity index is 1.61. The van der Waals surface area contributed by atoms with Crippen LogP contribution in [0.15, 0.2) is 70.9 Å². The van der Waals surface area contributed by atoms with Crippen molar-refractivity contribution in [2.45, 2.75) is 0 Å². The first-order valence-electron chi connectivity index (χ1n) is 8.28. The highest BCUT2D eigenvalue weighted by Crippen LogP contribution is 2.37. The lowest BCUT2D eigenvalue weighted by atomic mass is 10.2. The van der Waals surface area contributed by atoms with Gasteiger partial charge in [0.25, 0.3) is 5.91 Å². The number of aromatic hydroxyl groups is 1. The minimum Gasteiger partial charge on any atom is -0.493 e. The van der Waals surface area contributed by atoms with Gasteiger partial charge < -0.3 is 15.0 Å². The molecule has 0 bridgehead atoms. The molecule has 0 fully saturated rings. The van der Waals surface area contributed by atoms with Gasteiger partial charge in [-0.3, -0.25) is 9.59 Å². The molecule has 0 aliphatic heterocycles. The fourth-order valence-electron chi connectivity index (χ4n) is 2.56. The summed E-state index contributed by atoms with van der Waals surface area (Å²) in [7, 11) is 1.69. The maximum Gasteiger partial charge on any atom is 0.283 e. The zero-order valence-corrected chi connectivity index (χ0v) is 14.7. The highest BCUT2D eigenvalue weighted by molar-refractivity contribution is 5.96. The van der Waals surface area contributed by atoms with Crippen molar-refractivity contribution in [3.63, 3.8) is 0 Å². The summed E-state index contributed by atoms with van der Waals surface area (Å²) in [5.74, 6) is -1.11. The van der Waals surface area contributed by atoms with Gasteiger partial charge in [0, 0.05) is 18.5 Å². The molecule has 7 heteroatoms. The molecule has 1 heterocycles. The lowest BCUT2D eigenvalue weighted by Gasteiger charge is -1.97. The number of azo groups is 1. The van der Waals surface area contributed by atoms with Crippen LogP contribution < -0.4 is 5.32 Å². The van der Waals surface area contributed by atoms with Gasteiger partial charge in [-0.05, 0) is 17.7 Å². The van der Waals surface area contributed by atoms with E-state index in [0.29, 0.717) is 5.39 Å². The third kappa shape index (κ3) is 4.27. The van der Waals surface area contributed by atoms with E-state index in [1.807, 2.05) is 48.5 Å². The van der Waals surface area contributed by atoms with Crippen molar-refractivity contribution in [3.05, 3.63) is 66.2 Å². The summed E-state index contributed by atoms with van der Waals surface area (Å²) in [6.45, 7) is -0.285. The normalized spacial score (nSPS) is 11.4. The number of rotatable bonds is 5. The first kappa shape index (κ1) is 18.1. The highest BCUT2D eigenvalue weighted by Gasteiger charge is 2.14. The average Bonchev–Trinajstić information content (AvgIpc) is 2.94. The molecule has 3 aromatic rings. The molecule has 27 heavy (non-hydrogen) atoms. The first-order chi connectivity index (χ1) is 13.1. The largest absolute Gasteiger partial charge is 0.493 e. The van der Waals surface area contributed by atoms with Gasteiger partial charge in [0.2, 0.25) is 11.8 Å². The van der Waals surface area contributed by atoms with Crippen LogP contribution in [-0.2, 0) is 16.6 Å². The molecule has 2 N–H and O–H groups in total. The summed E-state index contributed by atoms with van der Waals surface area (Å²) in [6.07, 6.45) is 2.99. The van der Waals surface area contributed by atoms with Gasteiger partial charge in [-0.15, -0.1) is 10.2 Å². The Kier molecular flexibility index (Phi) is 5.41. The number of hydrogen-bond donors (Lipinski definition) is 2. The number of nitrogens with one attached hydrogen (secondary N) is 1. The topological polar surface area (TPSA) is 96.0 Å². The number of nitrogens with zero attached hydrogens (tertiary/aromatic N) is 3. The van der Waals surface area contributed by atoms with Crippen molar-refractivity contribution >= 4 is 34.5 Å². The Morgan fingerprint density at radius 3 is 2.59 bits per heavy atom. The predicted molar refractivity (Wildman–Crippen MR) is 103 cm³/mol. The van der Waals surface area contributed by atoms with Crippen LogP contribution in [0.2, 0.25) is 0 Å². The SMILES string of the molecule is Cn1c(O)c(N=NC(=O)CNC(=O)/C=C/c2ccccc2)c2ccccc21. The van der Waals surface area contributed by atoms with E-state index < -0.39 is 11.8 Å². The summed E-state index contributed by atoms with van der Waals surface area (Å²) in [5.41, 5.74) is 1.87. The van der Waals surface area contributed by atoms with E-state index in [0.717, 1.165) is 11.1 Å². The number of aromatic nitrogens is 1. The Morgan fingerprint density at radius 1 is 1.11 bits per heavy atom. The Hall–Kier alpha value is -3.74. The zero-order chi connectivity index (χ0) is 19.2. The first-order valence-corrected chi connectivity index (χ1v) is 8.28. The van der Waals surface area contributed by atoms with Crippen LogP contribution >= 0.6 is 0 Å². The summed E-state index contributed by atoms with van der Waals surface area (Å²) < 4.78 is 1.56. The monoisotopic (exact) mass is 362 g/mol. The Morgan fingerprint density at radius 2 is 1.81 bits per heavy atom. The number of amides is 2. The van der Waals surface area contributed by atoms with Crippen molar-refractivity contribution in [3.8, 4) is 5.88 Å². The molecular formula is C20H18N4O3. The van der Waals surface area contributed by atoms with E-state index in [4.69, 9.17) is 0 Å². The molecule has 1 aromatic heterocycles. The van der Waals surface area contributed by atoms with Gasteiger partial charge in [0.15, 0.2) is 5.69 Å². The quantitative estimate of drug-likeness (QED) is 0.538. The number of carbonyl (C=O) groups excluding carboxylic acids is 2. The van der Waals surface area contributed by atoms with Crippen LogP contribution in [-0.4, -0.2) is 28.0 Å². The van der Waals surface area contributed by atoms with Crippen LogP contribution in [0.1, 0.15) is 5.56 Å². The molecule has 7 nitrogen and oxygen atoms in total. The van der Waals surface area contributed by atoms with Gasteiger partial charge in [-0.25, -0.2) is 0 Å². The second kappa shape index (κ2) is 8.09. The van der Waals surface area contributed by atoms with Gasteiger partial charge >= 0.3 is 0 Å². The van der Waals surface area contributed by atoms with Gasteiger partial charge in [0.1, 0.15) is 6.54 Å². The Bertz CT molecular complexity index is 1040. The minimum atomic E-state index is -0.621. The van der Waals surface area contributed by atoms with E-state index in [2.05, 4.69) is 15.5 Å². The van der Waals surface area contributed by atoms with Crippen molar-refractivity contribution in [1.29, 1.82) is 0 Å². The number of aryl methyl sites for hydroxylation is 1. The van der Waals surface area contributed by atoms with Crippen LogP contribution in [0, 0.1) is 0 Å². The summed E-state index contributed by atoms with van der Waals surface area (Å²) in [5, 5.41) is 20.7. The number of fused-ring (bicyclic) bond motifs is 1. The lowest BCUT2D eigenvalue weighted by molar-refractivity contribution is -0.122. The molecule has 0 aliphatic rings. The maximum absolute atomic E-state index is 11.9. The van der Waals surface area contributed by atoms with Gasteiger partial charge in [-0.1, -0.05) is 48.5 Å². The van der Waals surface area contributed by atoms with E-state index >= 15 is 0 Å². The summed E-state index contributed by atoms with van der Waals surface area (Å²) >= 11 is 0. The second-order valence-electron chi connectivity index (χ2n) is 5.80. The molecule has 0 radical (unpaired) electrons. The third-order valence-corrected chi connectivity index (χ3v) is 3.95. The highest BCUT2D eigenvalue weighted by atomic mass is 16.3. The maximum atomic E-state index is 11.9. The van der Waals surface area contributed by atoms with Crippen LogP contribution in [0.4, 0.5) is 5.69 Å².